The Kier molecular flexibility index (Phi) is 5.13. The lowest BCUT2D eigenvalue weighted by atomic mass is 10.0. The largest absolute Gasteiger partial charge is 0.256 e. The number of aromatic nitrogens is 3. The fourth-order valence-corrected chi connectivity index (χ4v) is 4.15. The van der Waals surface area contributed by atoms with E-state index in [1.807, 2.05) is 54.7 Å². The van der Waals surface area contributed by atoms with Gasteiger partial charge in [0.05, 0.1) is 17.1 Å². The van der Waals surface area contributed by atoms with E-state index in [0.717, 1.165) is 44.7 Å². The van der Waals surface area contributed by atoms with Crippen molar-refractivity contribution in [2.24, 2.45) is 0 Å². The first-order chi connectivity index (χ1) is 16.8. The van der Waals surface area contributed by atoms with Gasteiger partial charge in [0.2, 0.25) is 0 Å². The zero-order valence-corrected chi connectivity index (χ0v) is 18.5. The first kappa shape index (κ1) is 20.0. The highest BCUT2D eigenvalue weighted by Crippen LogP contribution is 2.30. The van der Waals surface area contributed by atoms with Gasteiger partial charge in [-0.25, -0.2) is 9.97 Å². The molecule has 0 saturated carbocycles. The van der Waals surface area contributed by atoms with E-state index in [1.165, 1.54) is 5.39 Å². The number of benzene rings is 4. The van der Waals surface area contributed by atoms with Gasteiger partial charge in [-0.05, 0) is 23.6 Å². The van der Waals surface area contributed by atoms with Crippen molar-refractivity contribution >= 4 is 10.8 Å². The second-order valence-corrected chi connectivity index (χ2v) is 8.19. The molecule has 6 aromatic rings. The van der Waals surface area contributed by atoms with Crippen LogP contribution in [-0.4, -0.2) is 15.0 Å². The molecule has 0 saturated heterocycles. The highest BCUT2D eigenvalue weighted by atomic mass is 14.9. The Bertz CT molecular complexity index is 1530. The molecule has 0 fully saturated rings. The number of hydrogen-bond donors (Lipinski definition) is 0. The van der Waals surface area contributed by atoms with E-state index in [2.05, 4.69) is 72.8 Å². The molecule has 2 heterocycles. The minimum atomic E-state index is 0.697. The topological polar surface area (TPSA) is 38.7 Å². The van der Waals surface area contributed by atoms with Gasteiger partial charge in [0, 0.05) is 33.8 Å². The lowest BCUT2D eigenvalue weighted by Crippen LogP contribution is -1.96. The Morgan fingerprint density at radius 2 is 0.941 bits per heavy atom. The number of hydrogen-bond acceptors (Lipinski definition) is 3. The van der Waals surface area contributed by atoms with Crippen LogP contribution in [0.1, 0.15) is 0 Å². The maximum Gasteiger partial charge on any atom is 0.160 e. The summed E-state index contributed by atoms with van der Waals surface area (Å²) in [6.07, 6.45) is 1.93. The van der Waals surface area contributed by atoms with E-state index < -0.39 is 0 Å². The molecule has 160 valence electrons. The van der Waals surface area contributed by atoms with Crippen LogP contribution in [0.15, 0.2) is 128 Å². The molecule has 0 atom stereocenters. The smallest absolute Gasteiger partial charge is 0.160 e. The van der Waals surface area contributed by atoms with Gasteiger partial charge in [0.1, 0.15) is 0 Å². The lowest BCUT2D eigenvalue weighted by Gasteiger charge is -2.10. The van der Waals surface area contributed by atoms with Gasteiger partial charge < -0.3 is 0 Å². The van der Waals surface area contributed by atoms with Gasteiger partial charge >= 0.3 is 0 Å². The van der Waals surface area contributed by atoms with Crippen molar-refractivity contribution in [3.63, 3.8) is 0 Å². The van der Waals surface area contributed by atoms with Crippen molar-refractivity contribution in [3.8, 4) is 45.2 Å². The van der Waals surface area contributed by atoms with Crippen molar-refractivity contribution in [3.05, 3.63) is 128 Å². The van der Waals surface area contributed by atoms with Crippen molar-refractivity contribution < 1.29 is 0 Å². The Labute approximate surface area is 198 Å². The summed E-state index contributed by atoms with van der Waals surface area (Å²) >= 11 is 0. The maximum atomic E-state index is 4.95. The Morgan fingerprint density at radius 1 is 0.382 bits per heavy atom. The Hall–Kier alpha value is -4.63. The SMILES string of the molecule is c1ccc(-c2cc(-c3ccccc3)nc(-c3cccc(-c4cc5ccccc5cn4)c3)n2)cc1. The molecule has 0 aliphatic carbocycles. The highest BCUT2D eigenvalue weighted by Gasteiger charge is 2.11. The van der Waals surface area contributed by atoms with Gasteiger partial charge in [-0.3, -0.25) is 4.98 Å². The summed E-state index contributed by atoms with van der Waals surface area (Å²) in [6, 6.07) is 41.3. The number of rotatable bonds is 4. The highest BCUT2D eigenvalue weighted by molar-refractivity contribution is 5.85. The average molecular weight is 436 g/mol. The van der Waals surface area contributed by atoms with Gasteiger partial charge in [0.25, 0.3) is 0 Å². The van der Waals surface area contributed by atoms with Gasteiger partial charge in [-0.2, -0.15) is 0 Å². The second kappa shape index (κ2) is 8.72. The standard InChI is InChI=1S/C31H21N3/c1-3-10-22(11-4-1)29-20-30(23-12-5-2-6-13-23)34-31(33-29)26-17-9-16-25(18-26)28-19-24-14-7-8-15-27(24)21-32-28/h1-21H. The van der Waals surface area contributed by atoms with Crippen LogP contribution in [-0.2, 0) is 0 Å². The molecule has 0 amide bonds. The van der Waals surface area contributed by atoms with Crippen molar-refractivity contribution in [1.29, 1.82) is 0 Å². The Balaban J connectivity index is 1.48. The molecular weight excluding hydrogens is 414 g/mol. The second-order valence-electron chi connectivity index (χ2n) is 8.19. The van der Waals surface area contributed by atoms with E-state index in [1.54, 1.807) is 0 Å². The Morgan fingerprint density at radius 3 is 1.62 bits per heavy atom. The molecular formula is C31H21N3. The van der Waals surface area contributed by atoms with E-state index in [-0.39, 0.29) is 0 Å². The van der Waals surface area contributed by atoms with Crippen LogP contribution in [0.2, 0.25) is 0 Å². The normalized spacial score (nSPS) is 10.9. The van der Waals surface area contributed by atoms with Crippen LogP contribution in [0.4, 0.5) is 0 Å². The van der Waals surface area contributed by atoms with Gasteiger partial charge in [0.15, 0.2) is 5.82 Å². The summed E-state index contributed by atoms with van der Waals surface area (Å²) in [4.78, 5) is 14.6. The molecule has 2 aromatic heterocycles. The quantitative estimate of drug-likeness (QED) is 0.285. The number of pyridine rings is 1. The predicted molar refractivity (Wildman–Crippen MR) is 139 cm³/mol. The monoisotopic (exact) mass is 435 g/mol. The third-order valence-electron chi connectivity index (χ3n) is 5.91. The summed E-state index contributed by atoms with van der Waals surface area (Å²) in [5, 5.41) is 2.31. The van der Waals surface area contributed by atoms with Crippen LogP contribution >= 0.6 is 0 Å². The van der Waals surface area contributed by atoms with Crippen LogP contribution in [0.25, 0.3) is 55.9 Å². The van der Waals surface area contributed by atoms with Crippen LogP contribution in [0.5, 0.6) is 0 Å². The van der Waals surface area contributed by atoms with Crippen molar-refractivity contribution in [1.82, 2.24) is 15.0 Å². The average Bonchev–Trinajstić information content (AvgIpc) is 2.93. The minimum Gasteiger partial charge on any atom is -0.256 e. The first-order valence-corrected chi connectivity index (χ1v) is 11.3. The van der Waals surface area contributed by atoms with E-state index >= 15 is 0 Å². The number of nitrogens with zero attached hydrogens (tertiary/aromatic N) is 3. The molecule has 6 rings (SSSR count). The van der Waals surface area contributed by atoms with Crippen LogP contribution in [0.3, 0.4) is 0 Å². The third kappa shape index (κ3) is 3.96. The predicted octanol–water partition coefficient (Wildman–Crippen LogP) is 7.69. The van der Waals surface area contributed by atoms with E-state index in [4.69, 9.17) is 15.0 Å². The molecule has 0 spiro atoms. The summed E-state index contributed by atoms with van der Waals surface area (Å²) in [5.74, 6) is 0.697. The molecule has 0 aliphatic heterocycles. The maximum absolute atomic E-state index is 4.95. The molecule has 0 aliphatic rings. The third-order valence-corrected chi connectivity index (χ3v) is 5.91. The molecule has 3 heteroatoms. The first-order valence-electron chi connectivity index (χ1n) is 11.3. The van der Waals surface area contributed by atoms with Crippen molar-refractivity contribution in [2.45, 2.75) is 0 Å². The molecule has 3 nitrogen and oxygen atoms in total. The number of fused-ring (bicyclic) bond motifs is 1. The molecule has 0 bridgehead atoms. The van der Waals surface area contributed by atoms with E-state index in [9.17, 15) is 0 Å². The zero-order chi connectivity index (χ0) is 22.7. The lowest BCUT2D eigenvalue weighted by molar-refractivity contribution is 1.18. The minimum absolute atomic E-state index is 0.697. The van der Waals surface area contributed by atoms with Crippen LogP contribution in [0, 0.1) is 0 Å². The molecule has 0 radical (unpaired) electrons. The van der Waals surface area contributed by atoms with Crippen molar-refractivity contribution in [2.75, 3.05) is 0 Å². The fraction of sp³-hybridized carbons (Fsp3) is 0. The van der Waals surface area contributed by atoms with E-state index in [0.29, 0.717) is 5.82 Å². The molecule has 0 unspecified atom stereocenters. The summed E-state index contributed by atoms with van der Waals surface area (Å²) in [6.45, 7) is 0. The molecule has 34 heavy (non-hydrogen) atoms. The summed E-state index contributed by atoms with van der Waals surface area (Å²) in [7, 11) is 0. The van der Waals surface area contributed by atoms with Gasteiger partial charge in [-0.1, -0.05) is 103 Å². The molecule has 4 aromatic carbocycles. The summed E-state index contributed by atoms with van der Waals surface area (Å²) in [5.41, 5.74) is 6.87. The molecule has 0 N–H and O–H groups in total. The zero-order valence-electron chi connectivity index (χ0n) is 18.5. The van der Waals surface area contributed by atoms with Crippen LogP contribution < -0.4 is 0 Å². The fourth-order valence-electron chi connectivity index (χ4n) is 4.15. The van der Waals surface area contributed by atoms with Gasteiger partial charge in [-0.15, -0.1) is 0 Å². The summed E-state index contributed by atoms with van der Waals surface area (Å²) < 4.78 is 0.